The minimum atomic E-state index is -0.346. The number of halogens is 3. The molecule has 2 aromatic carbocycles. The van der Waals surface area contributed by atoms with Crippen molar-refractivity contribution in [1.29, 1.82) is 0 Å². The average molecular weight is 561 g/mol. The van der Waals surface area contributed by atoms with E-state index in [2.05, 4.69) is 15.6 Å². The van der Waals surface area contributed by atoms with Crippen LogP contribution in [0.3, 0.4) is 0 Å². The third kappa shape index (κ3) is 7.96. The fourth-order valence-electron chi connectivity index (χ4n) is 3.10. The van der Waals surface area contributed by atoms with E-state index in [4.69, 9.17) is 11.6 Å². The summed E-state index contributed by atoms with van der Waals surface area (Å²) in [5.41, 5.74) is 2.31. The third-order valence-corrected chi connectivity index (χ3v) is 5.18. The number of carbonyl (C=O) groups excluding carboxylic acids is 1. The Morgan fingerprint density at radius 3 is 2.48 bits per heavy atom. The van der Waals surface area contributed by atoms with E-state index < -0.39 is 0 Å². The predicted molar refractivity (Wildman–Crippen MR) is 137 cm³/mol. The highest BCUT2D eigenvalue weighted by Crippen LogP contribution is 2.29. The minimum absolute atomic E-state index is 0. The molecule has 0 fully saturated rings. The van der Waals surface area contributed by atoms with Gasteiger partial charge in [-0.2, -0.15) is 0 Å². The molecule has 0 unspecified atom stereocenters. The number of aliphatic imine (C=N–C) groups is 1. The Morgan fingerprint density at radius 2 is 1.87 bits per heavy atom. The Labute approximate surface area is 206 Å². The van der Waals surface area contributed by atoms with Crippen LogP contribution in [-0.4, -0.2) is 51.0 Å². The molecule has 2 rings (SSSR count). The summed E-state index contributed by atoms with van der Waals surface area (Å²) in [6, 6.07) is 12.1. The van der Waals surface area contributed by atoms with Gasteiger partial charge in [-0.05, 0) is 41.8 Å². The SMILES string of the molecule is CN=C(NCCc1cccc(C(=O)N(C)C)c1)NCC(C)(C)c1ccc(F)cc1Cl.I. The highest BCUT2D eigenvalue weighted by molar-refractivity contribution is 14.0. The number of nitrogens with zero attached hydrogens (tertiary/aromatic N) is 2. The maximum atomic E-state index is 13.3. The van der Waals surface area contributed by atoms with Crippen LogP contribution in [-0.2, 0) is 11.8 Å². The highest BCUT2D eigenvalue weighted by Gasteiger charge is 2.24. The van der Waals surface area contributed by atoms with E-state index >= 15 is 0 Å². The Morgan fingerprint density at radius 1 is 1.16 bits per heavy atom. The normalized spacial score (nSPS) is 11.5. The molecule has 0 spiro atoms. The van der Waals surface area contributed by atoms with Crippen molar-refractivity contribution in [2.75, 3.05) is 34.2 Å². The molecule has 31 heavy (non-hydrogen) atoms. The molecule has 0 aliphatic heterocycles. The van der Waals surface area contributed by atoms with Gasteiger partial charge in [-0.25, -0.2) is 4.39 Å². The van der Waals surface area contributed by atoms with Gasteiger partial charge in [0.1, 0.15) is 5.82 Å². The lowest BCUT2D eigenvalue weighted by molar-refractivity contribution is 0.0827. The van der Waals surface area contributed by atoms with Gasteiger partial charge in [0.15, 0.2) is 5.96 Å². The second kappa shape index (κ2) is 12.2. The van der Waals surface area contributed by atoms with Crippen LogP contribution in [0.5, 0.6) is 0 Å². The minimum Gasteiger partial charge on any atom is -0.356 e. The van der Waals surface area contributed by atoms with Gasteiger partial charge in [0, 0.05) is 50.2 Å². The number of amides is 1. The quantitative estimate of drug-likeness (QED) is 0.298. The van der Waals surface area contributed by atoms with Gasteiger partial charge >= 0.3 is 0 Å². The topological polar surface area (TPSA) is 56.7 Å². The molecule has 0 aliphatic rings. The van der Waals surface area contributed by atoms with Crippen LogP contribution in [0.25, 0.3) is 0 Å². The zero-order valence-corrected chi connectivity index (χ0v) is 21.7. The molecule has 0 heterocycles. The second-order valence-corrected chi connectivity index (χ2v) is 8.42. The number of hydrogen-bond acceptors (Lipinski definition) is 2. The third-order valence-electron chi connectivity index (χ3n) is 4.87. The largest absolute Gasteiger partial charge is 0.356 e. The Balaban J connectivity index is 0.00000480. The molecular weight excluding hydrogens is 530 g/mol. The number of benzene rings is 2. The molecule has 0 atom stereocenters. The second-order valence-electron chi connectivity index (χ2n) is 8.01. The summed E-state index contributed by atoms with van der Waals surface area (Å²) < 4.78 is 13.3. The van der Waals surface area contributed by atoms with Gasteiger partial charge in [-0.1, -0.05) is 43.6 Å². The fraction of sp³-hybridized carbons (Fsp3) is 0.391. The zero-order chi connectivity index (χ0) is 22.3. The number of guanidine groups is 1. The van der Waals surface area contributed by atoms with Crippen LogP contribution >= 0.6 is 35.6 Å². The van der Waals surface area contributed by atoms with E-state index in [1.807, 2.05) is 38.1 Å². The zero-order valence-electron chi connectivity index (χ0n) is 18.6. The lowest BCUT2D eigenvalue weighted by atomic mass is 9.84. The molecule has 2 N–H and O–H groups in total. The van der Waals surface area contributed by atoms with Crippen molar-refractivity contribution in [2.24, 2.45) is 4.99 Å². The summed E-state index contributed by atoms with van der Waals surface area (Å²) in [7, 11) is 5.20. The lowest BCUT2D eigenvalue weighted by Crippen LogP contribution is -2.44. The van der Waals surface area contributed by atoms with Gasteiger partial charge in [-0.3, -0.25) is 9.79 Å². The molecule has 0 saturated heterocycles. The molecule has 0 aliphatic carbocycles. The van der Waals surface area contributed by atoms with Gasteiger partial charge in [-0.15, -0.1) is 24.0 Å². The van der Waals surface area contributed by atoms with Crippen LogP contribution in [0.4, 0.5) is 4.39 Å². The smallest absolute Gasteiger partial charge is 0.253 e. The average Bonchev–Trinajstić information content (AvgIpc) is 2.69. The van der Waals surface area contributed by atoms with Crippen molar-refractivity contribution in [3.63, 3.8) is 0 Å². The predicted octanol–water partition coefficient (Wildman–Crippen LogP) is 4.48. The number of carbonyl (C=O) groups is 1. The van der Waals surface area contributed by atoms with Crippen LogP contribution in [0.1, 0.15) is 35.3 Å². The highest BCUT2D eigenvalue weighted by atomic mass is 127. The molecule has 170 valence electrons. The summed E-state index contributed by atoms with van der Waals surface area (Å²) in [5.74, 6) is 0.312. The van der Waals surface area contributed by atoms with Gasteiger partial charge in [0.05, 0.1) is 0 Å². The van der Waals surface area contributed by atoms with Crippen LogP contribution in [0.15, 0.2) is 47.5 Å². The van der Waals surface area contributed by atoms with E-state index in [0.29, 0.717) is 29.6 Å². The monoisotopic (exact) mass is 560 g/mol. The lowest BCUT2D eigenvalue weighted by Gasteiger charge is -2.27. The summed E-state index contributed by atoms with van der Waals surface area (Å²) in [6.45, 7) is 5.32. The van der Waals surface area contributed by atoms with Crippen molar-refractivity contribution in [3.05, 3.63) is 70.0 Å². The molecule has 0 bridgehead atoms. The van der Waals surface area contributed by atoms with E-state index in [-0.39, 0.29) is 41.1 Å². The first kappa shape index (κ1) is 27.2. The first-order valence-corrected chi connectivity index (χ1v) is 10.2. The van der Waals surface area contributed by atoms with Gasteiger partial charge in [0.2, 0.25) is 0 Å². The molecule has 5 nitrogen and oxygen atoms in total. The maximum Gasteiger partial charge on any atom is 0.253 e. The molecule has 1 amide bonds. The van der Waals surface area contributed by atoms with Crippen molar-refractivity contribution in [2.45, 2.75) is 25.7 Å². The molecular formula is C23H31ClFIN4O. The fourth-order valence-corrected chi connectivity index (χ4v) is 3.53. The van der Waals surface area contributed by atoms with Crippen LogP contribution in [0.2, 0.25) is 5.02 Å². The van der Waals surface area contributed by atoms with Crippen LogP contribution in [0, 0.1) is 5.82 Å². The van der Waals surface area contributed by atoms with E-state index in [9.17, 15) is 9.18 Å². The number of rotatable bonds is 7. The summed E-state index contributed by atoms with van der Waals surface area (Å²) in [5, 5.41) is 7.01. The standard InChI is InChI=1S/C23H30ClFN4O.HI/c1-23(2,19-10-9-18(25)14-20(19)24)15-28-22(26-3)27-12-11-16-7-6-8-17(13-16)21(30)29(4)5;/h6-10,13-14H,11-12,15H2,1-5H3,(H2,26,27,28);1H. The van der Waals surface area contributed by atoms with Crippen molar-refractivity contribution in [3.8, 4) is 0 Å². The molecule has 0 radical (unpaired) electrons. The Hall–Kier alpha value is -1.87. The molecule has 2 aromatic rings. The summed E-state index contributed by atoms with van der Waals surface area (Å²) in [4.78, 5) is 17.9. The summed E-state index contributed by atoms with van der Waals surface area (Å²) in [6.07, 6.45) is 0.752. The van der Waals surface area contributed by atoms with Crippen molar-refractivity contribution in [1.82, 2.24) is 15.5 Å². The van der Waals surface area contributed by atoms with Crippen LogP contribution < -0.4 is 10.6 Å². The first-order chi connectivity index (χ1) is 14.1. The maximum absolute atomic E-state index is 13.3. The molecule has 0 saturated carbocycles. The van der Waals surface area contributed by atoms with E-state index in [0.717, 1.165) is 17.5 Å². The van der Waals surface area contributed by atoms with Crippen molar-refractivity contribution < 1.29 is 9.18 Å². The number of hydrogen-bond donors (Lipinski definition) is 2. The van der Waals surface area contributed by atoms with Crippen molar-refractivity contribution >= 4 is 47.4 Å². The van der Waals surface area contributed by atoms with E-state index in [1.165, 1.54) is 12.1 Å². The summed E-state index contributed by atoms with van der Waals surface area (Å²) >= 11 is 6.23. The first-order valence-electron chi connectivity index (χ1n) is 9.84. The number of nitrogens with one attached hydrogen (secondary N) is 2. The Bertz CT molecular complexity index is 918. The van der Waals surface area contributed by atoms with Gasteiger partial charge in [0.25, 0.3) is 5.91 Å². The van der Waals surface area contributed by atoms with Gasteiger partial charge < -0.3 is 15.5 Å². The Kier molecular flexibility index (Phi) is 10.7. The molecule has 8 heteroatoms. The molecule has 0 aromatic heterocycles. The van der Waals surface area contributed by atoms with E-state index in [1.54, 1.807) is 32.1 Å².